The highest BCUT2D eigenvalue weighted by Gasteiger charge is 2.42. The molecule has 23 heavy (non-hydrogen) atoms. The van der Waals surface area contributed by atoms with Gasteiger partial charge in [0.1, 0.15) is 11.4 Å². The largest absolute Gasteiger partial charge is 0.494 e. The van der Waals surface area contributed by atoms with Crippen LogP contribution in [0.15, 0.2) is 18.2 Å². The fourth-order valence-electron chi connectivity index (χ4n) is 3.47. The van der Waals surface area contributed by atoms with E-state index in [-0.39, 0.29) is 5.91 Å². The van der Waals surface area contributed by atoms with Crippen LogP contribution in [0.4, 0.5) is 5.69 Å². The summed E-state index contributed by atoms with van der Waals surface area (Å²) in [5, 5.41) is 3.05. The van der Waals surface area contributed by atoms with Crippen molar-refractivity contribution in [1.29, 1.82) is 0 Å². The Hall–Kier alpha value is -1.55. The Bertz CT molecular complexity index is 539. The Morgan fingerprint density at radius 3 is 2.74 bits per heavy atom. The van der Waals surface area contributed by atoms with E-state index in [1.54, 1.807) is 0 Å². The van der Waals surface area contributed by atoms with Crippen LogP contribution in [0.5, 0.6) is 5.75 Å². The smallest absolute Gasteiger partial charge is 0.256 e. The van der Waals surface area contributed by atoms with Crippen LogP contribution in [0, 0.1) is 12.8 Å². The van der Waals surface area contributed by atoms with Gasteiger partial charge in [-0.3, -0.25) is 4.79 Å². The third-order valence-electron chi connectivity index (χ3n) is 4.52. The molecule has 0 heterocycles. The number of benzene rings is 1. The fraction of sp³-hybridized carbons (Fsp3) is 0.632. The van der Waals surface area contributed by atoms with E-state index in [1.807, 2.05) is 39.0 Å². The maximum Gasteiger partial charge on any atom is 0.256 e. The Morgan fingerprint density at radius 2 is 2.13 bits per heavy atom. The lowest BCUT2D eigenvalue weighted by Gasteiger charge is -2.38. The molecule has 0 spiro atoms. The van der Waals surface area contributed by atoms with E-state index >= 15 is 0 Å². The Labute approximate surface area is 139 Å². The second-order valence-electron chi connectivity index (χ2n) is 6.50. The zero-order valence-electron chi connectivity index (χ0n) is 14.8. The molecule has 0 radical (unpaired) electrons. The number of anilines is 1. The first-order valence-corrected chi connectivity index (χ1v) is 8.69. The van der Waals surface area contributed by atoms with Crippen molar-refractivity contribution in [2.45, 2.75) is 59.0 Å². The molecule has 1 saturated carbocycles. The van der Waals surface area contributed by atoms with Gasteiger partial charge in [-0.05, 0) is 69.7 Å². The maximum absolute atomic E-state index is 12.9. The Kier molecular flexibility index (Phi) is 6.05. The number of aryl methyl sites for hydroxylation is 1. The standard InChI is InChI=1S/C19H29NO3/c1-5-22-17-10-9-16(12-15(17)4)20-18(21)19(23-6-2)11-7-8-14(3)13-19/h9-10,12,14H,5-8,11,13H2,1-4H3,(H,20,21)/t14-,19+/m0/s1. The lowest BCUT2D eigenvalue weighted by atomic mass is 9.78. The van der Waals surface area contributed by atoms with Crippen molar-refractivity contribution in [3.63, 3.8) is 0 Å². The minimum Gasteiger partial charge on any atom is -0.494 e. The highest BCUT2D eigenvalue weighted by atomic mass is 16.5. The van der Waals surface area contributed by atoms with Crippen molar-refractivity contribution >= 4 is 11.6 Å². The summed E-state index contributed by atoms with van der Waals surface area (Å²) >= 11 is 0. The van der Waals surface area contributed by atoms with Gasteiger partial charge >= 0.3 is 0 Å². The van der Waals surface area contributed by atoms with Gasteiger partial charge in [0.25, 0.3) is 5.91 Å². The number of ether oxygens (including phenoxy) is 2. The molecule has 4 heteroatoms. The molecule has 1 aromatic rings. The van der Waals surface area contributed by atoms with Crippen LogP contribution in [0.2, 0.25) is 0 Å². The van der Waals surface area contributed by atoms with Gasteiger partial charge in [0.2, 0.25) is 0 Å². The molecule has 0 bridgehead atoms. The van der Waals surface area contributed by atoms with Gasteiger partial charge in [-0.1, -0.05) is 13.3 Å². The summed E-state index contributed by atoms with van der Waals surface area (Å²) in [4.78, 5) is 12.9. The van der Waals surface area contributed by atoms with Crippen molar-refractivity contribution in [3.05, 3.63) is 23.8 Å². The lowest BCUT2D eigenvalue weighted by molar-refractivity contribution is -0.147. The van der Waals surface area contributed by atoms with Crippen LogP contribution in [0.1, 0.15) is 52.0 Å². The van der Waals surface area contributed by atoms with Gasteiger partial charge in [0.05, 0.1) is 6.61 Å². The first kappa shape index (κ1) is 17.8. The van der Waals surface area contributed by atoms with Gasteiger partial charge in [-0.2, -0.15) is 0 Å². The third kappa shape index (κ3) is 4.25. The summed E-state index contributed by atoms with van der Waals surface area (Å²) in [5.41, 5.74) is 1.14. The minimum absolute atomic E-state index is 0.0190. The Balaban J connectivity index is 2.13. The highest BCUT2D eigenvalue weighted by Crippen LogP contribution is 2.36. The van der Waals surface area contributed by atoms with E-state index in [0.29, 0.717) is 19.1 Å². The predicted molar refractivity (Wildman–Crippen MR) is 93.0 cm³/mol. The Morgan fingerprint density at radius 1 is 1.35 bits per heavy atom. The average molecular weight is 319 g/mol. The van der Waals surface area contributed by atoms with Crippen LogP contribution in [-0.4, -0.2) is 24.7 Å². The molecule has 1 aromatic carbocycles. The number of carbonyl (C=O) groups excluding carboxylic acids is 1. The SMILES string of the molecule is CCOc1ccc(NC(=O)[C@@]2(OCC)CCC[C@H](C)C2)cc1C. The summed E-state index contributed by atoms with van der Waals surface area (Å²) in [6.07, 6.45) is 3.80. The molecule has 1 amide bonds. The molecule has 1 aliphatic rings. The maximum atomic E-state index is 12.9. The molecule has 0 aromatic heterocycles. The molecule has 1 fully saturated rings. The molecule has 4 nitrogen and oxygen atoms in total. The lowest BCUT2D eigenvalue weighted by Crippen LogP contribution is -2.48. The van der Waals surface area contributed by atoms with Crippen molar-refractivity contribution in [1.82, 2.24) is 0 Å². The van der Waals surface area contributed by atoms with E-state index in [0.717, 1.165) is 36.3 Å². The van der Waals surface area contributed by atoms with E-state index in [1.165, 1.54) is 6.42 Å². The van der Waals surface area contributed by atoms with Crippen molar-refractivity contribution in [2.75, 3.05) is 18.5 Å². The van der Waals surface area contributed by atoms with E-state index in [2.05, 4.69) is 12.2 Å². The van der Waals surface area contributed by atoms with Crippen LogP contribution in [0.3, 0.4) is 0 Å². The van der Waals surface area contributed by atoms with Crippen LogP contribution < -0.4 is 10.1 Å². The molecule has 0 unspecified atom stereocenters. The quantitative estimate of drug-likeness (QED) is 0.849. The van der Waals surface area contributed by atoms with Crippen molar-refractivity contribution in [3.8, 4) is 5.75 Å². The van der Waals surface area contributed by atoms with E-state index < -0.39 is 5.60 Å². The molecule has 2 rings (SSSR count). The van der Waals surface area contributed by atoms with Crippen molar-refractivity contribution < 1.29 is 14.3 Å². The monoisotopic (exact) mass is 319 g/mol. The van der Waals surface area contributed by atoms with Crippen LogP contribution in [0.25, 0.3) is 0 Å². The molecule has 2 atom stereocenters. The zero-order valence-corrected chi connectivity index (χ0v) is 14.8. The molecule has 0 saturated heterocycles. The zero-order chi connectivity index (χ0) is 16.9. The highest BCUT2D eigenvalue weighted by molar-refractivity contribution is 5.97. The molecule has 128 valence electrons. The summed E-state index contributed by atoms with van der Waals surface area (Å²) < 4.78 is 11.5. The normalized spacial score (nSPS) is 24.3. The van der Waals surface area contributed by atoms with Crippen LogP contribution >= 0.6 is 0 Å². The number of hydrogen-bond acceptors (Lipinski definition) is 3. The number of rotatable bonds is 6. The molecule has 1 N–H and O–H groups in total. The minimum atomic E-state index is -0.682. The van der Waals surface area contributed by atoms with E-state index in [4.69, 9.17) is 9.47 Å². The predicted octanol–water partition coefficient (Wildman–Crippen LogP) is 4.32. The van der Waals surface area contributed by atoms with Gasteiger partial charge in [0, 0.05) is 12.3 Å². The third-order valence-corrected chi connectivity index (χ3v) is 4.52. The topological polar surface area (TPSA) is 47.6 Å². The van der Waals surface area contributed by atoms with Gasteiger partial charge in [-0.25, -0.2) is 0 Å². The number of nitrogens with one attached hydrogen (secondary N) is 1. The summed E-state index contributed by atoms with van der Waals surface area (Å²) in [6.45, 7) is 9.30. The van der Waals surface area contributed by atoms with E-state index in [9.17, 15) is 4.79 Å². The molecule has 0 aliphatic heterocycles. The average Bonchev–Trinajstić information content (AvgIpc) is 2.50. The molecular weight excluding hydrogens is 290 g/mol. The van der Waals surface area contributed by atoms with Crippen LogP contribution in [-0.2, 0) is 9.53 Å². The fourth-order valence-corrected chi connectivity index (χ4v) is 3.47. The first-order valence-electron chi connectivity index (χ1n) is 8.69. The molecule has 1 aliphatic carbocycles. The number of hydrogen-bond donors (Lipinski definition) is 1. The van der Waals surface area contributed by atoms with Gasteiger partial charge in [0.15, 0.2) is 0 Å². The number of carbonyl (C=O) groups is 1. The second-order valence-corrected chi connectivity index (χ2v) is 6.50. The second kappa shape index (κ2) is 7.82. The number of amides is 1. The molecular formula is C19H29NO3. The summed E-state index contributed by atoms with van der Waals surface area (Å²) in [6, 6.07) is 5.75. The van der Waals surface area contributed by atoms with Gasteiger partial charge in [-0.15, -0.1) is 0 Å². The summed E-state index contributed by atoms with van der Waals surface area (Å²) in [5.74, 6) is 1.36. The first-order chi connectivity index (χ1) is 11.0. The van der Waals surface area contributed by atoms with Gasteiger partial charge < -0.3 is 14.8 Å². The van der Waals surface area contributed by atoms with Crippen molar-refractivity contribution in [2.24, 2.45) is 5.92 Å². The summed E-state index contributed by atoms with van der Waals surface area (Å²) in [7, 11) is 0.